The summed E-state index contributed by atoms with van der Waals surface area (Å²) in [6.07, 6.45) is 2.30. The number of aromatic nitrogens is 2. The van der Waals surface area contributed by atoms with Gasteiger partial charge in [-0.3, -0.25) is 0 Å². The number of nitrogen functional groups attached to an aromatic ring is 1. The third kappa shape index (κ3) is 5.83. The minimum Gasteiger partial charge on any atom is -0.393 e. The molecule has 0 saturated heterocycles. The highest BCUT2D eigenvalue weighted by Gasteiger charge is 2.19. The van der Waals surface area contributed by atoms with E-state index >= 15 is 0 Å². The molecular formula is C27H24Cl2N6. The number of benzene rings is 3. The summed E-state index contributed by atoms with van der Waals surface area (Å²) in [4.78, 5) is 8.59. The van der Waals surface area contributed by atoms with E-state index in [9.17, 15) is 5.26 Å². The van der Waals surface area contributed by atoms with Crippen LogP contribution >= 0.6 is 23.2 Å². The van der Waals surface area contributed by atoms with Crippen molar-refractivity contribution < 1.29 is 0 Å². The Kier molecular flexibility index (Phi) is 7.71. The summed E-state index contributed by atoms with van der Waals surface area (Å²) in [6.45, 7) is 2.62. The topological polar surface area (TPSA) is 99.6 Å². The number of hydrogen-bond donors (Lipinski definition) is 3. The Labute approximate surface area is 214 Å². The summed E-state index contributed by atoms with van der Waals surface area (Å²) in [6, 6.07) is 23.4. The number of anilines is 4. The Morgan fingerprint density at radius 3 is 2.43 bits per heavy atom. The van der Waals surface area contributed by atoms with Crippen LogP contribution in [-0.2, 0) is 6.42 Å². The van der Waals surface area contributed by atoms with Crippen molar-refractivity contribution in [3.8, 4) is 6.07 Å². The predicted octanol–water partition coefficient (Wildman–Crippen LogP) is 6.73. The van der Waals surface area contributed by atoms with Gasteiger partial charge in [0.25, 0.3) is 0 Å². The lowest BCUT2D eigenvalue weighted by Crippen LogP contribution is -2.11. The number of nitrogens with two attached hydrogens (primary N) is 1. The first kappa shape index (κ1) is 24.3. The predicted molar refractivity (Wildman–Crippen MR) is 143 cm³/mol. The summed E-state index contributed by atoms with van der Waals surface area (Å²) in [5, 5.41) is 17.5. The van der Waals surface area contributed by atoms with Gasteiger partial charge in [0.15, 0.2) is 11.6 Å². The van der Waals surface area contributed by atoms with E-state index in [1.54, 1.807) is 18.2 Å². The zero-order chi connectivity index (χ0) is 24.8. The Balaban J connectivity index is 1.52. The van der Waals surface area contributed by atoms with Crippen LogP contribution in [0.2, 0.25) is 10.0 Å². The zero-order valence-electron chi connectivity index (χ0n) is 19.1. The molecule has 1 aromatic heterocycles. The smallest absolute Gasteiger partial charge is 0.159 e. The number of rotatable bonds is 8. The summed E-state index contributed by atoms with van der Waals surface area (Å²) < 4.78 is 0. The van der Waals surface area contributed by atoms with Crippen LogP contribution in [0, 0.1) is 18.3 Å². The van der Waals surface area contributed by atoms with Crippen LogP contribution in [0.4, 0.5) is 23.0 Å². The molecule has 0 amide bonds. The maximum absolute atomic E-state index is 9.83. The van der Waals surface area contributed by atoms with Crippen molar-refractivity contribution in [1.29, 1.82) is 5.26 Å². The third-order valence-corrected chi connectivity index (χ3v) is 6.25. The van der Waals surface area contributed by atoms with Crippen molar-refractivity contribution in [2.75, 3.05) is 22.9 Å². The molecule has 1 unspecified atom stereocenters. The highest BCUT2D eigenvalue weighted by Crippen LogP contribution is 2.36. The van der Waals surface area contributed by atoms with Crippen molar-refractivity contribution in [2.45, 2.75) is 19.3 Å². The summed E-state index contributed by atoms with van der Waals surface area (Å²) in [5.74, 6) is 0.520. The number of nitrogens with one attached hydrogen (secondary N) is 2. The number of hydrogen-bond acceptors (Lipinski definition) is 6. The van der Waals surface area contributed by atoms with Crippen molar-refractivity contribution in [1.82, 2.24) is 9.97 Å². The molecule has 35 heavy (non-hydrogen) atoms. The maximum Gasteiger partial charge on any atom is 0.159 e. The first-order chi connectivity index (χ1) is 17.0. The quantitative estimate of drug-likeness (QED) is 0.247. The number of nitrogens with zero attached hydrogens (tertiary/aromatic N) is 3. The van der Waals surface area contributed by atoms with Crippen LogP contribution in [0.5, 0.6) is 0 Å². The first-order valence-corrected chi connectivity index (χ1v) is 11.8. The van der Waals surface area contributed by atoms with E-state index in [-0.39, 0.29) is 0 Å². The summed E-state index contributed by atoms with van der Waals surface area (Å²) >= 11 is 12.6. The average Bonchev–Trinajstić information content (AvgIpc) is 2.86. The van der Waals surface area contributed by atoms with Crippen LogP contribution in [0.1, 0.15) is 28.2 Å². The largest absolute Gasteiger partial charge is 0.393 e. The molecule has 0 spiro atoms. The van der Waals surface area contributed by atoms with Gasteiger partial charge in [-0.1, -0.05) is 71.7 Å². The molecule has 0 fully saturated rings. The first-order valence-electron chi connectivity index (χ1n) is 11.1. The molecule has 0 saturated carbocycles. The van der Waals surface area contributed by atoms with Gasteiger partial charge in [-0.15, -0.1) is 0 Å². The molecule has 3 aromatic carbocycles. The fourth-order valence-corrected chi connectivity index (χ4v) is 4.17. The molecule has 1 heterocycles. The molecule has 6 nitrogen and oxygen atoms in total. The van der Waals surface area contributed by atoms with Crippen molar-refractivity contribution in [3.05, 3.63) is 105 Å². The lowest BCUT2D eigenvalue weighted by molar-refractivity contribution is 1.00. The summed E-state index contributed by atoms with van der Waals surface area (Å²) in [5.41, 5.74) is 11.2. The average molecular weight is 503 g/mol. The zero-order valence-corrected chi connectivity index (χ0v) is 20.6. The van der Waals surface area contributed by atoms with E-state index in [0.29, 0.717) is 33.9 Å². The highest BCUT2D eigenvalue weighted by molar-refractivity contribution is 6.32. The van der Waals surface area contributed by atoms with E-state index in [2.05, 4.69) is 38.8 Å². The molecule has 1 atom stereocenters. The minimum absolute atomic E-state index is 0.413. The molecule has 0 bridgehead atoms. The van der Waals surface area contributed by atoms with Crippen LogP contribution < -0.4 is 16.4 Å². The van der Waals surface area contributed by atoms with Gasteiger partial charge in [0, 0.05) is 22.3 Å². The second kappa shape index (κ2) is 11.1. The Bertz CT molecular complexity index is 1350. The monoisotopic (exact) mass is 502 g/mol. The molecule has 0 aliphatic rings. The van der Waals surface area contributed by atoms with Gasteiger partial charge in [-0.25, -0.2) is 9.97 Å². The van der Waals surface area contributed by atoms with Gasteiger partial charge in [-0.2, -0.15) is 5.26 Å². The van der Waals surface area contributed by atoms with Crippen LogP contribution in [0.3, 0.4) is 0 Å². The Morgan fingerprint density at radius 2 is 1.71 bits per heavy atom. The molecule has 8 heteroatoms. The van der Waals surface area contributed by atoms with Gasteiger partial charge in [0.2, 0.25) is 0 Å². The number of halogens is 2. The summed E-state index contributed by atoms with van der Waals surface area (Å²) in [7, 11) is 0. The SMILES string of the molecule is Cc1cc(C(C#N)c2ccc(Cl)cc2)c(Cl)cc1Nc1ncnc(NCCc2ccccc2)c1N. The number of nitriles is 1. The fourth-order valence-electron chi connectivity index (χ4n) is 3.77. The molecule has 0 radical (unpaired) electrons. The normalized spacial score (nSPS) is 11.5. The van der Waals surface area contributed by atoms with Gasteiger partial charge in [-0.05, 0) is 53.8 Å². The third-order valence-electron chi connectivity index (χ3n) is 5.67. The molecule has 0 aliphatic heterocycles. The fraction of sp³-hybridized carbons (Fsp3) is 0.148. The molecule has 4 N–H and O–H groups in total. The van der Waals surface area contributed by atoms with E-state index in [0.717, 1.165) is 28.8 Å². The van der Waals surface area contributed by atoms with Crippen LogP contribution in [-0.4, -0.2) is 16.5 Å². The molecular weight excluding hydrogens is 479 g/mol. The Hall–Kier alpha value is -3.79. The lowest BCUT2D eigenvalue weighted by atomic mass is 9.91. The minimum atomic E-state index is -0.517. The lowest BCUT2D eigenvalue weighted by Gasteiger charge is -2.17. The van der Waals surface area contributed by atoms with Gasteiger partial charge in [0.05, 0.1) is 12.0 Å². The highest BCUT2D eigenvalue weighted by atomic mass is 35.5. The van der Waals surface area contributed by atoms with Gasteiger partial charge in [0.1, 0.15) is 12.0 Å². The van der Waals surface area contributed by atoms with E-state index in [4.69, 9.17) is 28.9 Å². The molecule has 4 rings (SSSR count). The maximum atomic E-state index is 9.83. The second-order valence-corrected chi connectivity index (χ2v) is 8.92. The van der Waals surface area contributed by atoms with E-state index in [1.165, 1.54) is 11.9 Å². The van der Waals surface area contributed by atoms with Crippen LogP contribution in [0.25, 0.3) is 0 Å². The van der Waals surface area contributed by atoms with Crippen molar-refractivity contribution in [2.24, 2.45) is 0 Å². The molecule has 0 aliphatic carbocycles. The Morgan fingerprint density at radius 1 is 1.00 bits per heavy atom. The van der Waals surface area contributed by atoms with Crippen molar-refractivity contribution >= 4 is 46.2 Å². The van der Waals surface area contributed by atoms with E-state index < -0.39 is 5.92 Å². The second-order valence-electron chi connectivity index (χ2n) is 8.07. The standard InChI is InChI=1S/C27H24Cl2N6/c1-17-13-21(22(15-30)19-7-9-20(28)10-8-19)23(29)14-24(17)35-27-25(31)26(33-16-34-27)32-12-11-18-5-3-2-4-6-18/h2-10,13-14,16,22H,11-12,31H2,1H3,(H2,32,33,34,35). The number of aryl methyl sites for hydroxylation is 1. The van der Waals surface area contributed by atoms with Crippen LogP contribution in [0.15, 0.2) is 73.1 Å². The molecule has 4 aromatic rings. The van der Waals surface area contributed by atoms with Crippen molar-refractivity contribution in [3.63, 3.8) is 0 Å². The van der Waals surface area contributed by atoms with Gasteiger partial charge < -0.3 is 16.4 Å². The molecule has 176 valence electrons. The van der Waals surface area contributed by atoms with E-state index in [1.807, 2.05) is 43.3 Å². The van der Waals surface area contributed by atoms with Gasteiger partial charge >= 0.3 is 0 Å².